The van der Waals surface area contributed by atoms with Crippen molar-refractivity contribution in [2.24, 2.45) is 0 Å². The van der Waals surface area contributed by atoms with E-state index < -0.39 is 39.0 Å². The Morgan fingerprint density at radius 2 is 1.74 bits per heavy atom. The molecule has 2 atom stereocenters. The van der Waals surface area contributed by atoms with Crippen molar-refractivity contribution < 1.29 is 33.0 Å². The zero-order chi connectivity index (χ0) is 15.2. The fourth-order valence-electron chi connectivity index (χ4n) is 1.20. The molecular formula is C10H17NO7S. The Balaban J connectivity index is 4.55. The van der Waals surface area contributed by atoms with E-state index in [2.05, 4.69) is 5.32 Å². The Hall–Kier alpha value is -1.64. The van der Waals surface area contributed by atoms with Crippen LogP contribution in [0.1, 0.15) is 26.2 Å². The highest BCUT2D eigenvalue weighted by Gasteiger charge is 2.28. The topological polar surface area (TPSA) is 138 Å². The Morgan fingerprint density at radius 3 is 2.11 bits per heavy atom. The number of hydrogen-bond acceptors (Lipinski definition) is 5. The number of sulfone groups is 1. The SMILES string of the molecule is CC(C(=O)N[C@H](CCCC(=O)O)C(=O)O)S(C)(=O)=O. The molecule has 0 radical (unpaired) electrons. The molecule has 8 nitrogen and oxygen atoms in total. The first-order chi connectivity index (χ1) is 8.55. The van der Waals surface area contributed by atoms with Gasteiger partial charge in [0.1, 0.15) is 11.3 Å². The molecule has 1 amide bonds. The minimum atomic E-state index is -3.61. The van der Waals surface area contributed by atoms with Gasteiger partial charge in [0.15, 0.2) is 9.84 Å². The predicted molar refractivity (Wildman–Crippen MR) is 65.4 cm³/mol. The third kappa shape index (κ3) is 6.75. The van der Waals surface area contributed by atoms with E-state index in [4.69, 9.17) is 10.2 Å². The molecule has 3 N–H and O–H groups in total. The van der Waals surface area contributed by atoms with Crippen LogP contribution in [0.15, 0.2) is 0 Å². The summed E-state index contributed by atoms with van der Waals surface area (Å²) in [5.41, 5.74) is 0. The lowest BCUT2D eigenvalue weighted by Crippen LogP contribution is -2.46. The summed E-state index contributed by atoms with van der Waals surface area (Å²) >= 11 is 0. The summed E-state index contributed by atoms with van der Waals surface area (Å²) in [5, 5.41) is 18.0. The number of aliphatic carboxylic acids is 2. The summed E-state index contributed by atoms with van der Waals surface area (Å²) < 4.78 is 22.3. The van der Waals surface area contributed by atoms with Gasteiger partial charge in [-0.15, -0.1) is 0 Å². The lowest BCUT2D eigenvalue weighted by atomic mass is 10.1. The first kappa shape index (κ1) is 17.4. The molecule has 0 bridgehead atoms. The van der Waals surface area contributed by atoms with Crippen LogP contribution < -0.4 is 5.32 Å². The number of amides is 1. The van der Waals surface area contributed by atoms with Crippen LogP contribution in [-0.2, 0) is 24.2 Å². The number of carboxylic acid groups (broad SMARTS) is 2. The highest BCUT2D eigenvalue weighted by Crippen LogP contribution is 2.04. The van der Waals surface area contributed by atoms with Crippen LogP contribution in [0.3, 0.4) is 0 Å². The molecule has 0 heterocycles. The zero-order valence-electron chi connectivity index (χ0n) is 10.6. The van der Waals surface area contributed by atoms with Gasteiger partial charge in [0.05, 0.1) is 0 Å². The molecule has 0 aliphatic rings. The van der Waals surface area contributed by atoms with Gasteiger partial charge in [-0.25, -0.2) is 13.2 Å². The van der Waals surface area contributed by atoms with Crippen LogP contribution in [-0.4, -0.2) is 54.0 Å². The van der Waals surface area contributed by atoms with Crippen LogP contribution in [0, 0.1) is 0 Å². The average Bonchev–Trinajstić information content (AvgIpc) is 2.24. The fourth-order valence-corrected chi connectivity index (χ4v) is 1.66. The smallest absolute Gasteiger partial charge is 0.326 e. The molecule has 0 aromatic rings. The molecule has 0 aliphatic carbocycles. The van der Waals surface area contributed by atoms with Crippen molar-refractivity contribution in [3.05, 3.63) is 0 Å². The average molecular weight is 295 g/mol. The molecular weight excluding hydrogens is 278 g/mol. The van der Waals surface area contributed by atoms with Crippen molar-refractivity contribution in [2.75, 3.05) is 6.26 Å². The molecule has 0 rings (SSSR count). The van der Waals surface area contributed by atoms with Gasteiger partial charge in [0, 0.05) is 12.7 Å². The van der Waals surface area contributed by atoms with E-state index in [1.165, 1.54) is 0 Å². The van der Waals surface area contributed by atoms with Crippen LogP contribution in [0.2, 0.25) is 0 Å². The molecule has 110 valence electrons. The maximum atomic E-state index is 11.5. The van der Waals surface area contributed by atoms with Crippen molar-refractivity contribution in [3.8, 4) is 0 Å². The standard InChI is InChI=1S/C10H17NO7S/c1-6(19(2,17)18)9(14)11-7(10(15)16)4-3-5-8(12)13/h6-7H,3-5H2,1-2H3,(H,11,14)(H,12,13)(H,15,16)/t6?,7-/m1/s1. The minimum Gasteiger partial charge on any atom is -0.481 e. The third-order valence-electron chi connectivity index (χ3n) is 2.51. The van der Waals surface area contributed by atoms with Gasteiger partial charge < -0.3 is 15.5 Å². The normalized spacial score (nSPS) is 14.4. The molecule has 0 saturated carbocycles. The quantitative estimate of drug-likeness (QED) is 0.535. The van der Waals surface area contributed by atoms with Gasteiger partial charge in [0.25, 0.3) is 0 Å². The molecule has 0 fully saturated rings. The third-order valence-corrected chi connectivity index (χ3v) is 4.01. The Morgan fingerprint density at radius 1 is 1.21 bits per heavy atom. The zero-order valence-corrected chi connectivity index (χ0v) is 11.4. The lowest BCUT2D eigenvalue weighted by Gasteiger charge is -2.16. The van der Waals surface area contributed by atoms with Gasteiger partial charge in [-0.3, -0.25) is 9.59 Å². The van der Waals surface area contributed by atoms with E-state index in [0.717, 1.165) is 13.2 Å². The van der Waals surface area contributed by atoms with E-state index >= 15 is 0 Å². The van der Waals surface area contributed by atoms with Crippen molar-refractivity contribution in [2.45, 2.75) is 37.5 Å². The molecule has 0 aromatic carbocycles. The fraction of sp³-hybridized carbons (Fsp3) is 0.700. The van der Waals surface area contributed by atoms with E-state index in [-0.39, 0.29) is 19.3 Å². The summed E-state index contributed by atoms with van der Waals surface area (Å²) in [7, 11) is -3.61. The maximum absolute atomic E-state index is 11.5. The lowest BCUT2D eigenvalue weighted by molar-refractivity contribution is -0.142. The molecule has 1 unspecified atom stereocenters. The molecule has 0 saturated heterocycles. The van der Waals surface area contributed by atoms with Crippen molar-refractivity contribution in [1.29, 1.82) is 0 Å². The van der Waals surface area contributed by atoms with Gasteiger partial charge >= 0.3 is 11.9 Å². The molecule has 0 spiro atoms. The van der Waals surface area contributed by atoms with E-state index in [0.29, 0.717) is 0 Å². The minimum absolute atomic E-state index is 0.0693. The molecule has 0 aliphatic heterocycles. The number of carbonyl (C=O) groups is 3. The second-order valence-electron chi connectivity index (χ2n) is 4.16. The van der Waals surface area contributed by atoms with Crippen molar-refractivity contribution in [1.82, 2.24) is 5.32 Å². The molecule has 0 aromatic heterocycles. The van der Waals surface area contributed by atoms with Gasteiger partial charge in [-0.05, 0) is 19.8 Å². The summed E-state index contributed by atoms with van der Waals surface area (Å²) in [6.07, 6.45) is 0.641. The Kier molecular flexibility index (Phi) is 6.46. The van der Waals surface area contributed by atoms with Crippen LogP contribution in [0.25, 0.3) is 0 Å². The predicted octanol–water partition coefficient (Wildman–Crippen LogP) is -0.756. The second-order valence-corrected chi connectivity index (χ2v) is 6.52. The molecule has 9 heteroatoms. The first-order valence-corrected chi connectivity index (χ1v) is 7.45. The van der Waals surface area contributed by atoms with Gasteiger partial charge in [-0.2, -0.15) is 0 Å². The number of hydrogen-bond donors (Lipinski definition) is 3. The number of rotatable bonds is 8. The van der Waals surface area contributed by atoms with Gasteiger partial charge in [0.2, 0.25) is 5.91 Å². The first-order valence-electron chi connectivity index (χ1n) is 5.49. The maximum Gasteiger partial charge on any atom is 0.326 e. The van der Waals surface area contributed by atoms with Crippen LogP contribution in [0.4, 0.5) is 0 Å². The summed E-state index contributed by atoms with van der Waals surface area (Å²) in [6, 6.07) is -1.30. The number of carbonyl (C=O) groups excluding carboxylic acids is 1. The van der Waals surface area contributed by atoms with E-state index in [9.17, 15) is 22.8 Å². The molecule has 19 heavy (non-hydrogen) atoms. The van der Waals surface area contributed by atoms with Gasteiger partial charge in [-0.1, -0.05) is 0 Å². The Bertz CT molecular complexity index is 456. The van der Waals surface area contributed by atoms with Crippen LogP contribution in [0.5, 0.6) is 0 Å². The van der Waals surface area contributed by atoms with Crippen LogP contribution >= 0.6 is 0 Å². The second kappa shape index (κ2) is 7.07. The van der Waals surface area contributed by atoms with Crippen molar-refractivity contribution >= 4 is 27.7 Å². The van der Waals surface area contributed by atoms with E-state index in [1.54, 1.807) is 0 Å². The highest BCUT2D eigenvalue weighted by atomic mass is 32.2. The summed E-state index contributed by atoms with van der Waals surface area (Å²) in [6.45, 7) is 1.15. The summed E-state index contributed by atoms with van der Waals surface area (Å²) in [4.78, 5) is 32.7. The monoisotopic (exact) mass is 295 g/mol. The number of nitrogens with one attached hydrogen (secondary N) is 1. The Labute approximate surface area is 110 Å². The number of carboxylic acids is 2. The van der Waals surface area contributed by atoms with Crippen molar-refractivity contribution in [3.63, 3.8) is 0 Å². The largest absolute Gasteiger partial charge is 0.481 e. The van der Waals surface area contributed by atoms with E-state index in [1.807, 2.05) is 0 Å². The summed E-state index contributed by atoms with van der Waals surface area (Å²) in [5.74, 6) is -3.32. The highest BCUT2D eigenvalue weighted by molar-refractivity contribution is 7.92.